The van der Waals surface area contributed by atoms with Crippen molar-refractivity contribution in [2.24, 2.45) is 0 Å². The van der Waals surface area contributed by atoms with Gasteiger partial charge in [-0.1, -0.05) is 74.8 Å². The molecule has 7 rings (SSSR count). The number of para-hydroxylation sites is 1. The minimum absolute atomic E-state index is 0. The molecule has 0 radical (unpaired) electrons. The van der Waals surface area contributed by atoms with Crippen molar-refractivity contribution in [1.82, 2.24) is 19.3 Å². The van der Waals surface area contributed by atoms with Crippen molar-refractivity contribution < 1.29 is 30.5 Å². The zero-order valence-corrected chi connectivity index (χ0v) is 27.8. The number of methoxy groups -OCH3 is 1. The first-order valence-electron chi connectivity index (χ1n) is 14.9. The van der Waals surface area contributed by atoms with Crippen LogP contribution in [0, 0.1) is 19.1 Å². The summed E-state index contributed by atoms with van der Waals surface area (Å²) in [6, 6.07) is 37.7. The van der Waals surface area contributed by atoms with Crippen LogP contribution in [0.15, 0.2) is 97.2 Å². The Hall–Kier alpha value is -4.67. The summed E-state index contributed by atoms with van der Waals surface area (Å²) in [5.41, 5.74) is 8.43. The third-order valence-corrected chi connectivity index (χ3v) is 7.95. The summed E-state index contributed by atoms with van der Waals surface area (Å²) >= 11 is 0. The molecule has 4 aromatic carbocycles. The minimum atomic E-state index is 0. The van der Waals surface area contributed by atoms with Crippen molar-refractivity contribution in [3.8, 4) is 39.9 Å². The first kappa shape index (κ1) is 30.4. The number of hydrogen-bond acceptors (Lipinski definition) is 4. The number of nitrogens with zero attached hydrogens (tertiary/aromatic N) is 4. The van der Waals surface area contributed by atoms with Crippen molar-refractivity contribution in [2.45, 2.75) is 33.6 Å². The molecule has 0 bridgehead atoms. The fraction of sp³-hybridized carbons (Fsp3) is 0.158. The first-order valence-corrected chi connectivity index (χ1v) is 14.9. The fourth-order valence-electron chi connectivity index (χ4n) is 5.99. The number of fused-ring (bicyclic) bond motifs is 3. The molecule has 0 aliphatic rings. The zero-order chi connectivity index (χ0) is 30.2. The maximum absolute atomic E-state index is 6.47. The second kappa shape index (κ2) is 12.7. The Morgan fingerprint density at radius 1 is 0.800 bits per heavy atom. The molecule has 6 nitrogen and oxygen atoms in total. The molecule has 0 atom stereocenters. The Morgan fingerprint density at radius 2 is 1.60 bits per heavy atom. The van der Waals surface area contributed by atoms with E-state index in [4.69, 9.17) is 14.6 Å². The van der Waals surface area contributed by atoms with E-state index in [0.29, 0.717) is 11.5 Å². The Bertz CT molecular complexity index is 2130. The van der Waals surface area contributed by atoms with Crippen LogP contribution in [0.5, 0.6) is 17.2 Å². The average molecular weight is 772 g/mol. The predicted octanol–water partition coefficient (Wildman–Crippen LogP) is 8.86. The number of ether oxygens (including phenoxy) is 2. The van der Waals surface area contributed by atoms with Crippen LogP contribution in [0.1, 0.15) is 30.8 Å². The van der Waals surface area contributed by atoms with Gasteiger partial charge in [0.25, 0.3) is 0 Å². The largest absolute Gasteiger partial charge is 2.00 e. The Kier molecular flexibility index (Phi) is 8.60. The van der Waals surface area contributed by atoms with Gasteiger partial charge in [-0.2, -0.15) is 16.7 Å². The smallest absolute Gasteiger partial charge is 0.509 e. The summed E-state index contributed by atoms with van der Waals surface area (Å²) in [6.45, 7) is 6.39. The molecule has 226 valence electrons. The van der Waals surface area contributed by atoms with Gasteiger partial charge in [-0.3, -0.25) is 4.68 Å². The second-order valence-corrected chi connectivity index (χ2v) is 10.8. The van der Waals surface area contributed by atoms with Crippen molar-refractivity contribution in [1.29, 1.82) is 0 Å². The van der Waals surface area contributed by atoms with Crippen LogP contribution in [-0.4, -0.2) is 26.4 Å². The molecule has 3 heterocycles. The molecule has 7 heteroatoms. The van der Waals surface area contributed by atoms with Gasteiger partial charge in [0.15, 0.2) is 0 Å². The molecule has 45 heavy (non-hydrogen) atoms. The van der Waals surface area contributed by atoms with Gasteiger partial charge in [-0.15, -0.1) is 35.7 Å². The van der Waals surface area contributed by atoms with E-state index >= 15 is 0 Å². The Labute approximate surface area is 277 Å². The van der Waals surface area contributed by atoms with Gasteiger partial charge in [0, 0.05) is 40.5 Å². The molecule has 0 N–H and O–H groups in total. The molecule has 0 saturated carbocycles. The van der Waals surface area contributed by atoms with Crippen LogP contribution in [-0.2, 0) is 33.9 Å². The van der Waals surface area contributed by atoms with E-state index in [0.717, 1.165) is 68.9 Å². The summed E-state index contributed by atoms with van der Waals surface area (Å²) < 4.78 is 16.1. The molecule has 0 fully saturated rings. The Balaban J connectivity index is 0.00000357. The van der Waals surface area contributed by atoms with Crippen LogP contribution in [0.25, 0.3) is 44.4 Å². The van der Waals surface area contributed by atoms with E-state index in [1.165, 1.54) is 11.1 Å². The number of aromatic nitrogens is 4. The number of hydrogen-bond donors (Lipinski definition) is 0. The molecule has 0 aliphatic heterocycles. The third-order valence-electron chi connectivity index (χ3n) is 7.95. The van der Waals surface area contributed by atoms with Crippen LogP contribution >= 0.6 is 0 Å². The van der Waals surface area contributed by atoms with E-state index in [2.05, 4.69) is 91.0 Å². The predicted molar refractivity (Wildman–Crippen MR) is 175 cm³/mol. The number of rotatable bonds is 8. The fourth-order valence-corrected chi connectivity index (χ4v) is 5.99. The zero-order valence-electron chi connectivity index (χ0n) is 25.6. The standard InChI is InChI=1S/C38H32N4O2.Pt/c1-5-33-38(26-12-8-7-9-13-26)34(6-2)42(40-33)27-20-25(3)21-30(22-27)44-29-16-17-32-31-14-10-11-15-35(31)41(36(32)23-29)37-24-28(43-4)18-19-39-37;/h7-21,24H,5-6H2,1-4H3;/q-2;+2. The van der Waals surface area contributed by atoms with E-state index in [-0.39, 0.29) is 21.1 Å². The quantitative estimate of drug-likeness (QED) is 0.145. The number of benzene rings is 4. The van der Waals surface area contributed by atoms with E-state index in [1.54, 1.807) is 13.3 Å². The molecular formula is C38H32N4O2Pt. The second-order valence-electron chi connectivity index (χ2n) is 10.8. The summed E-state index contributed by atoms with van der Waals surface area (Å²) in [5.74, 6) is 2.68. The van der Waals surface area contributed by atoms with Crippen LogP contribution < -0.4 is 9.47 Å². The van der Waals surface area contributed by atoms with Gasteiger partial charge in [0.05, 0.1) is 12.8 Å². The maximum Gasteiger partial charge on any atom is 2.00 e. The molecule has 0 unspecified atom stereocenters. The summed E-state index contributed by atoms with van der Waals surface area (Å²) in [7, 11) is 1.66. The van der Waals surface area contributed by atoms with Crippen LogP contribution in [0.2, 0.25) is 0 Å². The van der Waals surface area contributed by atoms with Crippen LogP contribution in [0.3, 0.4) is 0 Å². The topological polar surface area (TPSA) is 54.1 Å². The molecule has 7 aromatic rings. The summed E-state index contributed by atoms with van der Waals surface area (Å²) in [5, 5.41) is 7.24. The normalized spacial score (nSPS) is 11.1. The van der Waals surface area contributed by atoms with Crippen LogP contribution in [0.4, 0.5) is 0 Å². The van der Waals surface area contributed by atoms with Crippen molar-refractivity contribution in [2.75, 3.05) is 7.11 Å². The monoisotopic (exact) mass is 771 g/mol. The molecule has 0 spiro atoms. The van der Waals surface area contributed by atoms with Crippen molar-refractivity contribution in [3.05, 3.63) is 126 Å². The van der Waals surface area contributed by atoms with Crippen molar-refractivity contribution >= 4 is 21.8 Å². The maximum atomic E-state index is 6.47. The van der Waals surface area contributed by atoms with E-state index in [9.17, 15) is 0 Å². The van der Waals surface area contributed by atoms with Crippen molar-refractivity contribution in [3.63, 3.8) is 0 Å². The van der Waals surface area contributed by atoms with Gasteiger partial charge in [0.2, 0.25) is 0 Å². The first-order chi connectivity index (χ1) is 21.6. The third kappa shape index (κ3) is 5.55. The molecule has 0 aliphatic carbocycles. The Morgan fingerprint density at radius 3 is 2.38 bits per heavy atom. The molecule has 0 saturated heterocycles. The van der Waals surface area contributed by atoms with Gasteiger partial charge in [-0.25, -0.2) is 4.98 Å². The number of pyridine rings is 1. The molecular weight excluding hydrogens is 740 g/mol. The van der Waals surface area contributed by atoms with Gasteiger partial charge in [0.1, 0.15) is 11.6 Å². The van der Waals surface area contributed by atoms with E-state index < -0.39 is 0 Å². The van der Waals surface area contributed by atoms with E-state index in [1.807, 2.05) is 47.1 Å². The SMILES string of the molecule is CCc1nn(-c2[c-]c(Oc3[c-]c4c(cc3)c3ccccc3n4-c3cc(OC)ccn3)cc(C)c2)c(CC)c1-c1ccccc1.[Pt+2]. The summed E-state index contributed by atoms with van der Waals surface area (Å²) in [6.07, 6.45) is 3.43. The van der Waals surface area contributed by atoms with Gasteiger partial charge in [-0.05, 0) is 41.6 Å². The summed E-state index contributed by atoms with van der Waals surface area (Å²) in [4.78, 5) is 4.66. The van der Waals surface area contributed by atoms with Gasteiger partial charge < -0.3 is 14.0 Å². The van der Waals surface area contributed by atoms with Gasteiger partial charge >= 0.3 is 21.1 Å². The minimum Gasteiger partial charge on any atom is -0.509 e. The molecule has 3 aromatic heterocycles. The molecule has 0 amide bonds. The average Bonchev–Trinajstić information content (AvgIpc) is 3.60. The number of aryl methyl sites for hydroxylation is 2.